The molecule has 0 saturated carbocycles. The van der Waals surface area contributed by atoms with E-state index in [1.807, 2.05) is 55.5 Å². The highest BCUT2D eigenvalue weighted by molar-refractivity contribution is 5.95. The lowest BCUT2D eigenvalue weighted by molar-refractivity contribution is -0.147. The van der Waals surface area contributed by atoms with Gasteiger partial charge >= 0.3 is 5.97 Å². The number of amides is 2. The summed E-state index contributed by atoms with van der Waals surface area (Å²) in [5.41, 5.74) is 2.97. The molecule has 6 heteroatoms. The molecule has 158 valence electrons. The van der Waals surface area contributed by atoms with Crippen LogP contribution in [0.4, 0.5) is 5.69 Å². The van der Waals surface area contributed by atoms with Gasteiger partial charge in [0.15, 0.2) is 6.61 Å². The lowest BCUT2D eigenvalue weighted by Crippen LogP contribution is -2.31. The Hall–Kier alpha value is -3.93. The zero-order valence-electron chi connectivity index (χ0n) is 17.2. The van der Waals surface area contributed by atoms with Gasteiger partial charge in [-0.15, -0.1) is 0 Å². The van der Waals surface area contributed by atoms with Crippen molar-refractivity contribution in [3.05, 3.63) is 102 Å². The molecule has 0 fully saturated rings. The van der Waals surface area contributed by atoms with Gasteiger partial charge in [-0.3, -0.25) is 14.4 Å². The zero-order chi connectivity index (χ0) is 22.1. The van der Waals surface area contributed by atoms with Gasteiger partial charge in [0, 0.05) is 11.3 Å². The van der Waals surface area contributed by atoms with Crippen LogP contribution in [0.5, 0.6) is 0 Å². The van der Waals surface area contributed by atoms with Crippen molar-refractivity contribution in [3.8, 4) is 0 Å². The Kier molecular flexibility index (Phi) is 7.54. The summed E-state index contributed by atoms with van der Waals surface area (Å²) in [4.78, 5) is 37.0. The van der Waals surface area contributed by atoms with Crippen molar-refractivity contribution in [2.75, 3.05) is 11.9 Å². The van der Waals surface area contributed by atoms with E-state index >= 15 is 0 Å². The van der Waals surface area contributed by atoms with Gasteiger partial charge in [-0.1, -0.05) is 66.2 Å². The SMILES string of the molecule is Cc1ccc(NC(=O)COC(=O)C[C@@H](NC(=O)c2ccccc2)c2ccccc2)cc1. The van der Waals surface area contributed by atoms with Crippen molar-refractivity contribution in [1.82, 2.24) is 5.32 Å². The van der Waals surface area contributed by atoms with Crippen LogP contribution >= 0.6 is 0 Å². The molecular weight excluding hydrogens is 392 g/mol. The van der Waals surface area contributed by atoms with Gasteiger partial charge in [-0.05, 0) is 36.8 Å². The largest absolute Gasteiger partial charge is 0.455 e. The summed E-state index contributed by atoms with van der Waals surface area (Å²) in [6.07, 6.45) is -0.0968. The molecule has 31 heavy (non-hydrogen) atoms. The predicted molar refractivity (Wildman–Crippen MR) is 118 cm³/mol. The number of benzene rings is 3. The van der Waals surface area contributed by atoms with E-state index in [-0.39, 0.29) is 12.3 Å². The highest BCUT2D eigenvalue weighted by atomic mass is 16.5. The first-order valence-electron chi connectivity index (χ1n) is 9.94. The van der Waals surface area contributed by atoms with E-state index in [9.17, 15) is 14.4 Å². The molecule has 2 N–H and O–H groups in total. The van der Waals surface area contributed by atoms with E-state index in [0.717, 1.165) is 11.1 Å². The second-order valence-electron chi connectivity index (χ2n) is 7.08. The highest BCUT2D eigenvalue weighted by Crippen LogP contribution is 2.18. The van der Waals surface area contributed by atoms with Crippen LogP contribution in [-0.4, -0.2) is 24.4 Å². The molecule has 3 rings (SSSR count). The third-order valence-electron chi connectivity index (χ3n) is 4.61. The van der Waals surface area contributed by atoms with E-state index in [2.05, 4.69) is 10.6 Å². The lowest BCUT2D eigenvalue weighted by Gasteiger charge is -2.19. The fraction of sp³-hybridized carbons (Fsp3) is 0.160. The number of rotatable bonds is 8. The van der Waals surface area contributed by atoms with Crippen LogP contribution in [0.1, 0.15) is 33.9 Å². The maximum Gasteiger partial charge on any atom is 0.308 e. The van der Waals surface area contributed by atoms with Gasteiger partial charge in [0.1, 0.15) is 0 Å². The maximum atomic E-state index is 12.6. The highest BCUT2D eigenvalue weighted by Gasteiger charge is 2.20. The summed E-state index contributed by atoms with van der Waals surface area (Å²) in [7, 11) is 0. The number of anilines is 1. The number of carbonyl (C=O) groups is 3. The van der Waals surface area contributed by atoms with Crippen LogP contribution in [0.15, 0.2) is 84.9 Å². The van der Waals surface area contributed by atoms with Crippen molar-refractivity contribution in [3.63, 3.8) is 0 Å². The second-order valence-corrected chi connectivity index (χ2v) is 7.08. The van der Waals surface area contributed by atoms with Gasteiger partial charge in [0.2, 0.25) is 0 Å². The molecule has 0 bridgehead atoms. The Labute approximate surface area is 181 Å². The van der Waals surface area contributed by atoms with Gasteiger partial charge < -0.3 is 15.4 Å². The van der Waals surface area contributed by atoms with Crippen molar-refractivity contribution < 1.29 is 19.1 Å². The number of hydrogen-bond donors (Lipinski definition) is 2. The minimum atomic E-state index is -0.582. The molecule has 3 aromatic rings. The third kappa shape index (κ3) is 6.82. The molecule has 1 atom stereocenters. The molecule has 0 radical (unpaired) electrons. The van der Waals surface area contributed by atoms with Crippen LogP contribution in [0.25, 0.3) is 0 Å². The number of esters is 1. The van der Waals surface area contributed by atoms with Crippen LogP contribution in [0.2, 0.25) is 0 Å². The Morgan fingerprint density at radius 3 is 2.10 bits per heavy atom. The van der Waals surface area contributed by atoms with Crippen LogP contribution < -0.4 is 10.6 Å². The van der Waals surface area contributed by atoms with Crippen LogP contribution in [0.3, 0.4) is 0 Å². The van der Waals surface area contributed by atoms with Crippen LogP contribution in [-0.2, 0) is 14.3 Å². The number of carbonyl (C=O) groups excluding carboxylic acids is 3. The number of ether oxygens (including phenoxy) is 1. The summed E-state index contributed by atoms with van der Waals surface area (Å²) in [6.45, 7) is 1.55. The molecule has 0 aromatic heterocycles. The molecule has 0 unspecified atom stereocenters. The number of nitrogens with one attached hydrogen (secondary N) is 2. The number of aryl methyl sites for hydroxylation is 1. The standard InChI is InChI=1S/C25H24N2O4/c1-18-12-14-21(15-13-18)26-23(28)17-31-24(29)16-22(19-8-4-2-5-9-19)27-25(30)20-10-6-3-7-11-20/h2-15,22H,16-17H2,1H3,(H,26,28)(H,27,30)/t22-/m1/s1. The third-order valence-corrected chi connectivity index (χ3v) is 4.61. The Morgan fingerprint density at radius 1 is 0.839 bits per heavy atom. The molecular formula is C25H24N2O4. The first-order chi connectivity index (χ1) is 15.0. The maximum absolute atomic E-state index is 12.6. The van der Waals surface area contributed by atoms with Gasteiger partial charge in [-0.2, -0.15) is 0 Å². The Bertz CT molecular complexity index is 1020. The second kappa shape index (κ2) is 10.7. The molecule has 6 nitrogen and oxygen atoms in total. The zero-order valence-corrected chi connectivity index (χ0v) is 17.2. The van der Waals surface area contributed by atoms with E-state index in [1.54, 1.807) is 36.4 Å². The monoisotopic (exact) mass is 416 g/mol. The van der Waals surface area contributed by atoms with Crippen molar-refractivity contribution in [1.29, 1.82) is 0 Å². The van der Waals surface area contributed by atoms with Gasteiger partial charge in [-0.25, -0.2) is 0 Å². The average Bonchev–Trinajstić information content (AvgIpc) is 2.80. The minimum absolute atomic E-state index is 0.0968. The van der Waals surface area contributed by atoms with Gasteiger partial charge in [0.05, 0.1) is 12.5 Å². The van der Waals surface area contributed by atoms with E-state index < -0.39 is 24.5 Å². The molecule has 0 aliphatic rings. The molecule has 0 aliphatic carbocycles. The van der Waals surface area contributed by atoms with E-state index in [0.29, 0.717) is 11.3 Å². The van der Waals surface area contributed by atoms with Crippen molar-refractivity contribution in [2.45, 2.75) is 19.4 Å². The molecule has 0 saturated heterocycles. The fourth-order valence-electron chi connectivity index (χ4n) is 2.97. The Balaban J connectivity index is 1.58. The average molecular weight is 416 g/mol. The fourth-order valence-corrected chi connectivity index (χ4v) is 2.97. The molecule has 3 aromatic carbocycles. The lowest BCUT2D eigenvalue weighted by atomic mass is 10.0. The first-order valence-corrected chi connectivity index (χ1v) is 9.94. The van der Waals surface area contributed by atoms with E-state index in [1.165, 1.54) is 0 Å². The Morgan fingerprint density at radius 2 is 1.45 bits per heavy atom. The normalized spacial score (nSPS) is 11.3. The summed E-state index contributed by atoms with van der Waals surface area (Å²) < 4.78 is 5.14. The van der Waals surface area contributed by atoms with Crippen LogP contribution in [0, 0.1) is 6.92 Å². The smallest absolute Gasteiger partial charge is 0.308 e. The van der Waals surface area contributed by atoms with E-state index in [4.69, 9.17) is 4.74 Å². The van der Waals surface area contributed by atoms with Gasteiger partial charge in [0.25, 0.3) is 11.8 Å². The summed E-state index contributed by atoms with van der Waals surface area (Å²) in [5, 5.41) is 5.55. The minimum Gasteiger partial charge on any atom is -0.455 e. The summed E-state index contributed by atoms with van der Waals surface area (Å²) in [5.74, 6) is -1.30. The molecule has 0 aliphatic heterocycles. The quantitative estimate of drug-likeness (QED) is 0.543. The van der Waals surface area contributed by atoms with Crippen molar-refractivity contribution >= 4 is 23.5 Å². The predicted octanol–water partition coefficient (Wildman–Crippen LogP) is 4.04. The van der Waals surface area contributed by atoms with Crippen molar-refractivity contribution in [2.24, 2.45) is 0 Å². The summed E-state index contributed by atoms with van der Waals surface area (Å²) >= 11 is 0. The molecule has 0 spiro atoms. The number of hydrogen-bond acceptors (Lipinski definition) is 4. The summed E-state index contributed by atoms with van der Waals surface area (Å²) in [6, 6.07) is 24.7. The first kappa shape index (κ1) is 21.8. The molecule has 0 heterocycles. The molecule has 2 amide bonds. The topological polar surface area (TPSA) is 84.5 Å².